The minimum absolute atomic E-state index is 0.0237. The number of aryl methyl sites for hydroxylation is 1. The third-order valence-corrected chi connectivity index (χ3v) is 12.8. The molecule has 11 rings (SSSR count). The van der Waals surface area contributed by atoms with E-state index in [1.165, 1.54) is 72.5 Å². The molecule has 2 aliphatic rings. The van der Waals surface area contributed by atoms with Crippen molar-refractivity contribution in [3.63, 3.8) is 0 Å². The first-order valence-corrected chi connectivity index (χ1v) is 22.0. The fourth-order valence-electron chi connectivity index (χ4n) is 9.75. The number of hydrogen-bond donors (Lipinski definition) is 0. The normalized spacial score (nSPS) is 12.7. The molecule has 0 saturated carbocycles. The van der Waals surface area contributed by atoms with E-state index in [4.69, 9.17) is 0 Å². The van der Waals surface area contributed by atoms with Gasteiger partial charge in [0.05, 0.1) is 5.69 Å². The Morgan fingerprint density at radius 3 is 1.33 bits per heavy atom. The van der Waals surface area contributed by atoms with Crippen molar-refractivity contribution in [1.29, 1.82) is 0 Å². The highest BCUT2D eigenvalue weighted by Crippen LogP contribution is 2.48. The molecular weight excluding hydrogens is 761 g/mol. The maximum absolute atomic E-state index is 2.52. The van der Waals surface area contributed by atoms with Crippen LogP contribution in [0.25, 0.3) is 22.3 Å². The first-order chi connectivity index (χ1) is 30.8. The van der Waals surface area contributed by atoms with Gasteiger partial charge in [-0.1, -0.05) is 172 Å². The summed E-state index contributed by atoms with van der Waals surface area (Å²) in [6.07, 6.45) is 0. The third-order valence-electron chi connectivity index (χ3n) is 12.8. The molecular formula is C59H48BN3. The SMILES string of the molecule is Cc1ccc2c(c1)B1c3cc(-c4ccccc4)ccc3N(c3ccc(-c4ccccc4)cc3)c3cc(N(c4ccccc4)c4ccccc4)cc(c31)N2c1ccc(C(C)(C)C)cc1. The van der Waals surface area contributed by atoms with Gasteiger partial charge < -0.3 is 14.7 Å². The lowest BCUT2D eigenvalue weighted by molar-refractivity contribution is 0.590. The second-order valence-electron chi connectivity index (χ2n) is 17.9. The highest BCUT2D eigenvalue weighted by molar-refractivity contribution is 7.00. The summed E-state index contributed by atoms with van der Waals surface area (Å²) in [5.74, 6) is 0. The Balaban J connectivity index is 1.23. The van der Waals surface area contributed by atoms with Gasteiger partial charge in [-0.05, 0) is 129 Å². The van der Waals surface area contributed by atoms with Gasteiger partial charge in [-0.15, -0.1) is 0 Å². The molecule has 9 aromatic rings. The van der Waals surface area contributed by atoms with Crippen molar-refractivity contribution in [3.8, 4) is 22.3 Å². The highest BCUT2D eigenvalue weighted by atomic mass is 15.2. The van der Waals surface area contributed by atoms with Crippen LogP contribution in [0.1, 0.15) is 31.9 Å². The molecule has 2 aliphatic heterocycles. The topological polar surface area (TPSA) is 9.72 Å². The lowest BCUT2D eigenvalue weighted by Crippen LogP contribution is -2.61. The maximum atomic E-state index is 2.52. The Kier molecular flexibility index (Phi) is 9.39. The van der Waals surface area contributed by atoms with Crippen LogP contribution in [0.15, 0.2) is 218 Å². The summed E-state index contributed by atoms with van der Waals surface area (Å²) in [5, 5.41) is 0. The van der Waals surface area contributed by atoms with Crippen LogP contribution in [-0.2, 0) is 5.41 Å². The van der Waals surface area contributed by atoms with Crippen molar-refractivity contribution in [2.75, 3.05) is 14.7 Å². The van der Waals surface area contributed by atoms with E-state index in [2.05, 4.69) is 261 Å². The molecule has 0 aliphatic carbocycles. The fourth-order valence-corrected chi connectivity index (χ4v) is 9.75. The zero-order valence-corrected chi connectivity index (χ0v) is 36.2. The number of anilines is 9. The monoisotopic (exact) mass is 809 g/mol. The summed E-state index contributed by atoms with van der Waals surface area (Å²) in [4.78, 5) is 7.45. The molecule has 3 nitrogen and oxygen atoms in total. The molecule has 0 fully saturated rings. The van der Waals surface area contributed by atoms with Crippen LogP contribution in [0.3, 0.4) is 0 Å². The minimum Gasteiger partial charge on any atom is -0.311 e. The Morgan fingerprint density at radius 2 is 0.810 bits per heavy atom. The molecule has 0 amide bonds. The van der Waals surface area contributed by atoms with Crippen LogP contribution in [-0.4, -0.2) is 6.71 Å². The Bertz CT molecular complexity index is 3050. The van der Waals surface area contributed by atoms with Gasteiger partial charge in [0, 0.05) is 45.5 Å². The molecule has 0 N–H and O–H groups in total. The van der Waals surface area contributed by atoms with E-state index in [0.29, 0.717) is 0 Å². The lowest BCUT2D eigenvalue weighted by atomic mass is 9.33. The van der Waals surface area contributed by atoms with Crippen LogP contribution in [0.5, 0.6) is 0 Å². The van der Waals surface area contributed by atoms with Gasteiger partial charge >= 0.3 is 0 Å². The molecule has 4 heteroatoms. The van der Waals surface area contributed by atoms with Gasteiger partial charge in [-0.3, -0.25) is 0 Å². The molecule has 0 saturated heterocycles. The van der Waals surface area contributed by atoms with Crippen LogP contribution in [0.4, 0.5) is 51.2 Å². The van der Waals surface area contributed by atoms with Gasteiger partial charge in [-0.25, -0.2) is 0 Å². The molecule has 9 aromatic carbocycles. The predicted octanol–water partition coefficient (Wildman–Crippen LogP) is 14.2. The van der Waals surface area contributed by atoms with E-state index in [1.807, 2.05) is 0 Å². The predicted molar refractivity (Wildman–Crippen MR) is 269 cm³/mol. The first kappa shape index (κ1) is 38.4. The number of rotatable bonds is 7. The summed E-state index contributed by atoms with van der Waals surface area (Å²) in [6.45, 7) is 9.06. The molecule has 302 valence electrons. The number of hydrogen-bond acceptors (Lipinski definition) is 3. The summed E-state index contributed by atoms with van der Waals surface area (Å²) in [5.41, 5.74) is 21.6. The smallest absolute Gasteiger partial charge is 0.252 e. The molecule has 63 heavy (non-hydrogen) atoms. The second kappa shape index (κ2) is 15.4. The first-order valence-electron chi connectivity index (χ1n) is 22.0. The van der Waals surface area contributed by atoms with Crippen molar-refractivity contribution in [2.45, 2.75) is 33.1 Å². The van der Waals surface area contributed by atoms with E-state index >= 15 is 0 Å². The van der Waals surface area contributed by atoms with Crippen LogP contribution < -0.4 is 31.1 Å². The van der Waals surface area contributed by atoms with Gasteiger partial charge in [0.1, 0.15) is 0 Å². The van der Waals surface area contributed by atoms with Crippen LogP contribution in [0.2, 0.25) is 0 Å². The second-order valence-corrected chi connectivity index (χ2v) is 17.9. The molecule has 0 spiro atoms. The number of para-hydroxylation sites is 2. The molecule has 0 atom stereocenters. The van der Waals surface area contributed by atoms with E-state index in [0.717, 1.165) is 28.4 Å². The summed E-state index contributed by atoms with van der Waals surface area (Å²) in [7, 11) is 0. The Labute approximate surface area is 372 Å². The highest BCUT2D eigenvalue weighted by Gasteiger charge is 2.44. The van der Waals surface area contributed by atoms with Gasteiger partial charge in [0.2, 0.25) is 0 Å². The summed E-state index contributed by atoms with van der Waals surface area (Å²) >= 11 is 0. The van der Waals surface area contributed by atoms with Crippen LogP contribution >= 0.6 is 0 Å². The quantitative estimate of drug-likeness (QED) is 0.149. The molecule has 0 unspecified atom stereocenters. The van der Waals surface area contributed by atoms with Gasteiger partial charge in [0.25, 0.3) is 6.71 Å². The third kappa shape index (κ3) is 6.80. The Hall–Kier alpha value is -7.56. The molecule has 0 radical (unpaired) electrons. The Morgan fingerprint density at radius 1 is 0.381 bits per heavy atom. The van der Waals surface area contributed by atoms with Crippen LogP contribution in [0, 0.1) is 6.92 Å². The number of benzene rings is 9. The number of fused-ring (bicyclic) bond motifs is 4. The van der Waals surface area contributed by atoms with E-state index in [9.17, 15) is 0 Å². The van der Waals surface area contributed by atoms with E-state index in [1.54, 1.807) is 0 Å². The number of nitrogens with zero attached hydrogens (tertiary/aromatic N) is 3. The molecule has 0 aromatic heterocycles. The largest absolute Gasteiger partial charge is 0.311 e. The van der Waals surface area contributed by atoms with E-state index < -0.39 is 0 Å². The zero-order valence-electron chi connectivity index (χ0n) is 36.2. The van der Waals surface area contributed by atoms with Crippen molar-refractivity contribution >= 4 is 74.3 Å². The lowest BCUT2D eigenvalue weighted by Gasteiger charge is -2.45. The zero-order chi connectivity index (χ0) is 42.7. The average molecular weight is 810 g/mol. The summed E-state index contributed by atoms with van der Waals surface area (Å²) in [6, 6.07) is 80.5. The minimum atomic E-state index is -0.0237. The maximum Gasteiger partial charge on any atom is 0.252 e. The average Bonchev–Trinajstić information content (AvgIpc) is 3.32. The molecule has 2 heterocycles. The van der Waals surface area contributed by atoms with Crippen molar-refractivity contribution in [1.82, 2.24) is 0 Å². The van der Waals surface area contributed by atoms with Crippen molar-refractivity contribution in [3.05, 3.63) is 230 Å². The summed E-state index contributed by atoms with van der Waals surface area (Å²) < 4.78 is 0. The van der Waals surface area contributed by atoms with Gasteiger partial charge in [0.15, 0.2) is 0 Å². The standard InChI is InChI=1S/C59H48BN3/c1-41-25-35-54-52(37-41)60-53-38-45(43-19-11-6-12-20-43)28-36-55(53)62(49-31-26-44(27-32-49)42-17-9-5-10-18-42)56-39-51(61(47-21-13-7-14-22-47)48-23-15-8-16-24-48)40-57(58(56)60)63(54)50-33-29-46(30-34-50)59(2,3)4/h5-40H,1-4H3. The van der Waals surface area contributed by atoms with Gasteiger partial charge in [-0.2, -0.15) is 0 Å². The molecule has 0 bridgehead atoms. The van der Waals surface area contributed by atoms with E-state index in [-0.39, 0.29) is 12.1 Å². The van der Waals surface area contributed by atoms with Crippen molar-refractivity contribution in [2.24, 2.45) is 0 Å². The van der Waals surface area contributed by atoms with Crippen molar-refractivity contribution < 1.29 is 0 Å². The fraction of sp³-hybridized carbons (Fsp3) is 0.0847.